The highest BCUT2D eigenvalue weighted by Gasteiger charge is 2.16. The predicted octanol–water partition coefficient (Wildman–Crippen LogP) is 6.16. The van der Waals surface area contributed by atoms with Crippen LogP contribution in [0.2, 0.25) is 0 Å². The summed E-state index contributed by atoms with van der Waals surface area (Å²) in [7, 11) is 4.01. The molecule has 4 N–H and O–H groups in total. The van der Waals surface area contributed by atoms with Gasteiger partial charge in [0.25, 0.3) is 0 Å². The quantitative estimate of drug-likeness (QED) is 0.171. The molecule has 0 aliphatic heterocycles. The number of hydrogen-bond donors (Lipinski definition) is 4. The lowest BCUT2D eigenvalue weighted by Gasteiger charge is -2.12. The number of rotatable bonds is 9. The maximum Gasteiger partial charge on any atom is 0.155 e. The highest BCUT2D eigenvalue weighted by Crippen LogP contribution is 2.35. The fourth-order valence-electron chi connectivity index (χ4n) is 4.94. The number of pyridine rings is 3. The standard InChI is InChI=1S/C31H32FN9/c1-18(2)37-24-11-20(15-33-17-24)21-12-26-30(39-40-31(26)36-16-21)28-14-25-27(38-28)5-6-35-29(25)19-9-22(32)13-23(10-19)34-7-8-41(3)4/h5-6,9-18,34,37-38H,7-8H2,1-4H3,(H,36,39,40). The fraction of sp³-hybridized carbons (Fsp3) is 0.226. The molecule has 0 saturated carbocycles. The van der Waals surface area contributed by atoms with Crippen molar-refractivity contribution >= 4 is 33.3 Å². The van der Waals surface area contributed by atoms with Crippen LogP contribution < -0.4 is 10.6 Å². The summed E-state index contributed by atoms with van der Waals surface area (Å²) >= 11 is 0. The molecule has 0 atom stereocenters. The summed E-state index contributed by atoms with van der Waals surface area (Å²) in [4.78, 5) is 19.2. The Hall–Kier alpha value is -4.83. The molecular formula is C31H32FN9. The minimum atomic E-state index is -0.316. The van der Waals surface area contributed by atoms with Crippen molar-refractivity contribution in [3.05, 3.63) is 73.1 Å². The maximum atomic E-state index is 14.7. The number of likely N-dealkylation sites (N-methyl/N-ethyl adjacent to an activating group) is 1. The van der Waals surface area contributed by atoms with Crippen LogP contribution in [-0.4, -0.2) is 68.3 Å². The van der Waals surface area contributed by atoms with Crippen LogP contribution in [0.3, 0.4) is 0 Å². The van der Waals surface area contributed by atoms with Crippen molar-refractivity contribution in [2.45, 2.75) is 19.9 Å². The van der Waals surface area contributed by atoms with Crippen molar-refractivity contribution < 1.29 is 4.39 Å². The van der Waals surface area contributed by atoms with E-state index in [0.29, 0.717) is 29.5 Å². The Bertz CT molecular complexity index is 1840. The van der Waals surface area contributed by atoms with Crippen molar-refractivity contribution in [3.63, 3.8) is 0 Å². The first-order chi connectivity index (χ1) is 19.8. The molecule has 1 aromatic carbocycles. The van der Waals surface area contributed by atoms with Crippen LogP contribution in [0.15, 0.2) is 67.3 Å². The second kappa shape index (κ2) is 11.0. The van der Waals surface area contributed by atoms with E-state index in [9.17, 15) is 4.39 Å². The molecule has 5 heterocycles. The number of aromatic amines is 2. The second-order valence-electron chi connectivity index (χ2n) is 10.7. The van der Waals surface area contributed by atoms with E-state index in [1.807, 2.05) is 50.9 Å². The van der Waals surface area contributed by atoms with Crippen LogP contribution in [-0.2, 0) is 0 Å². The van der Waals surface area contributed by atoms with Crippen LogP contribution in [0, 0.1) is 5.82 Å². The molecule has 0 amide bonds. The molecule has 0 spiro atoms. The lowest BCUT2D eigenvalue weighted by atomic mass is 10.1. The van der Waals surface area contributed by atoms with Gasteiger partial charge in [0.1, 0.15) is 11.5 Å². The van der Waals surface area contributed by atoms with Gasteiger partial charge in [-0.3, -0.25) is 15.1 Å². The third kappa shape index (κ3) is 5.59. The minimum absolute atomic E-state index is 0.299. The van der Waals surface area contributed by atoms with Crippen molar-refractivity contribution in [1.29, 1.82) is 0 Å². The first-order valence-corrected chi connectivity index (χ1v) is 13.6. The van der Waals surface area contributed by atoms with Gasteiger partial charge >= 0.3 is 0 Å². The Balaban J connectivity index is 1.37. The Labute approximate surface area is 237 Å². The summed E-state index contributed by atoms with van der Waals surface area (Å²) < 4.78 is 14.7. The van der Waals surface area contributed by atoms with Gasteiger partial charge in [0, 0.05) is 82.6 Å². The topological polar surface area (TPSA) is 110 Å². The summed E-state index contributed by atoms with van der Waals surface area (Å²) in [6.45, 7) is 5.73. The molecule has 0 aliphatic rings. The smallest absolute Gasteiger partial charge is 0.155 e. The largest absolute Gasteiger partial charge is 0.384 e. The van der Waals surface area contributed by atoms with E-state index in [-0.39, 0.29) is 5.82 Å². The third-order valence-electron chi connectivity index (χ3n) is 6.81. The number of aromatic nitrogens is 6. The van der Waals surface area contributed by atoms with E-state index in [1.54, 1.807) is 6.20 Å². The lowest BCUT2D eigenvalue weighted by Crippen LogP contribution is -2.20. The normalized spacial score (nSPS) is 11.7. The van der Waals surface area contributed by atoms with Gasteiger partial charge in [-0.15, -0.1) is 0 Å². The molecule has 6 rings (SSSR count). The van der Waals surface area contributed by atoms with Gasteiger partial charge in [0.05, 0.1) is 17.1 Å². The van der Waals surface area contributed by atoms with Crippen LogP contribution in [0.1, 0.15) is 13.8 Å². The first-order valence-electron chi connectivity index (χ1n) is 13.6. The van der Waals surface area contributed by atoms with Crippen LogP contribution >= 0.6 is 0 Å². The van der Waals surface area contributed by atoms with E-state index in [1.165, 1.54) is 12.1 Å². The summed E-state index contributed by atoms with van der Waals surface area (Å²) in [6, 6.07) is 13.3. The number of fused-ring (bicyclic) bond motifs is 2. The van der Waals surface area contributed by atoms with Crippen LogP contribution in [0.4, 0.5) is 15.8 Å². The Morgan fingerprint density at radius 3 is 2.54 bits per heavy atom. The molecule has 0 fully saturated rings. The van der Waals surface area contributed by atoms with Gasteiger partial charge in [-0.1, -0.05) is 0 Å². The van der Waals surface area contributed by atoms with E-state index in [4.69, 9.17) is 0 Å². The second-order valence-corrected chi connectivity index (χ2v) is 10.7. The average molecular weight is 550 g/mol. The zero-order valence-electron chi connectivity index (χ0n) is 23.5. The predicted molar refractivity (Wildman–Crippen MR) is 163 cm³/mol. The lowest BCUT2D eigenvalue weighted by molar-refractivity contribution is 0.425. The number of halogens is 1. The summed E-state index contributed by atoms with van der Waals surface area (Å²) in [5.74, 6) is -0.316. The molecule has 10 heteroatoms. The van der Waals surface area contributed by atoms with Crippen molar-refractivity contribution in [2.75, 3.05) is 37.8 Å². The van der Waals surface area contributed by atoms with Crippen LogP contribution in [0.5, 0.6) is 0 Å². The molecule has 41 heavy (non-hydrogen) atoms. The number of anilines is 2. The molecule has 5 aromatic heterocycles. The Morgan fingerprint density at radius 2 is 1.71 bits per heavy atom. The first kappa shape index (κ1) is 26.4. The molecule has 9 nitrogen and oxygen atoms in total. The summed E-state index contributed by atoms with van der Waals surface area (Å²) in [5, 5.41) is 16.1. The van der Waals surface area contributed by atoms with Gasteiger partial charge in [0.15, 0.2) is 5.65 Å². The molecule has 208 valence electrons. The number of H-pyrrole nitrogens is 2. The van der Waals surface area contributed by atoms with E-state index >= 15 is 0 Å². The zero-order chi connectivity index (χ0) is 28.5. The fourth-order valence-corrected chi connectivity index (χ4v) is 4.94. The molecule has 0 unspecified atom stereocenters. The van der Waals surface area contributed by atoms with E-state index < -0.39 is 0 Å². The molecular weight excluding hydrogens is 517 g/mol. The molecule has 0 bridgehead atoms. The summed E-state index contributed by atoms with van der Waals surface area (Å²) in [5.41, 5.74) is 8.08. The van der Waals surface area contributed by atoms with Crippen molar-refractivity contribution in [1.82, 2.24) is 35.0 Å². The van der Waals surface area contributed by atoms with Gasteiger partial charge in [-0.05, 0) is 70.4 Å². The van der Waals surface area contributed by atoms with Gasteiger partial charge in [-0.25, -0.2) is 9.37 Å². The minimum Gasteiger partial charge on any atom is -0.384 e. The number of nitrogens with one attached hydrogen (secondary N) is 4. The van der Waals surface area contributed by atoms with E-state index in [0.717, 1.165) is 56.7 Å². The zero-order valence-corrected chi connectivity index (χ0v) is 23.5. The van der Waals surface area contributed by atoms with Gasteiger partial charge in [-0.2, -0.15) is 5.10 Å². The third-order valence-corrected chi connectivity index (χ3v) is 6.81. The highest BCUT2D eigenvalue weighted by atomic mass is 19.1. The number of benzene rings is 1. The number of nitrogens with zero attached hydrogens (tertiary/aromatic N) is 5. The van der Waals surface area contributed by atoms with Crippen molar-refractivity contribution in [3.8, 4) is 33.8 Å². The molecule has 0 aliphatic carbocycles. The number of hydrogen-bond acceptors (Lipinski definition) is 7. The monoisotopic (exact) mass is 549 g/mol. The van der Waals surface area contributed by atoms with Crippen molar-refractivity contribution in [2.24, 2.45) is 0 Å². The molecule has 0 radical (unpaired) electrons. The SMILES string of the molecule is CC(C)Nc1cncc(-c2cnc3[nH]nc(-c4cc5c(-c6cc(F)cc(NCCN(C)C)c6)nccc5[nH]4)c3c2)c1. The van der Waals surface area contributed by atoms with Gasteiger partial charge in [0.2, 0.25) is 0 Å². The van der Waals surface area contributed by atoms with Crippen LogP contribution in [0.25, 0.3) is 55.7 Å². The molecule has 0 saturated heterocycles. The highest BCUT2D eigenvalue weighted by molar-refractivity contribution is 6.00. The van der Waals surface area contributed by atoms with E-state index in [2.05, 4.69) is 71.6 Å². The maximum absolute atomic E-state index is 14.7. The van der Waals surface area contributed by atoms with Gasteiger partial charge < -0.3 is 20.5 Å². The Kier molecular flexibility index (Phi) is 7.07. The summed E-state index contributed by atoms with van der Waals surface area (Å²) in [6.07, 6.45) is 7.20. The molecule has 6 aromatic rings. The average Bonchev–Trinajstić information content (AvgIpc) is 3.56. The Morgan fingerprint density at radius 1 is 0.878 bits per heavy atom.